The van der Waals surface area contributed by atoms with Crippen molar-refractivity contribution in [3.8, 4) is 0 Å². The zero-order valence-electron chi connectivity index (χ0n) is 13.0. The van der Waals surface area contributed by atoms with Crippen LogP contribution in [0.1, 0.15) is 19.3 Å². The first-order valence-corrected chi connectivity index (χ1v) is 7.97. The number of amides is 2. The van der Waals surface area contributed by atoms with Crippen LogP contribution >= 0.6 is 0 Å². The first-order chi connectivity index (χ1) is 11.2. The van der Waals surface area contributed by atoms with E-state index in [1.807, 2.05) is 0 Å². The van der Waals surface area contributed by atoms with Gasteiger partial charge < -0.3 is 14.9 Å². The SMILES string of the molecule is O=C([C@@H]1CCCN1C(=O)O)N1CCCN(c2ncccn2)CC1. The molecule has 0 unspecified atom stereocenters. The van der Waals surface area contributed by atoms with Gasteiger partial charge in [-0.25, -0.2) is 14.8 Å². The van der Waals surface area contributed by atoms with Crippen molar-refractivity contribution >= 4 is 17.9 Å². The van der Waals surface area contributed by atoms with Crippen molar-refractivity contribution in [2.75, 3.05) is 37.6 Å². The summed E-state index contributed by atoms with van der Waals surface area (Å²) in [7, 11) is 0. The summed E-state index contributed by atoms with van der Waals surface area (Å²) in [6.45, 7) is 3.12. The van der Waals surface area contributed by atoms with Gasteiger partial charge in [-0.1, -0.05) is 0 Å². The molecule has 0 saturated carbocycles. The molecule has 23 heavy (non-hydrogen) atoms. The number of aromatic nitrogens is 2. The standard InChI is InChI=1S/C15H21N5O3/c21-13(12-4-1-9-20(12)15(22)23)18-7-3-8-19(11-10-18)14-16-5-2-6-17-14/h2,5-6,12H,1,3-4,7-11H2,(H,22,23)/t12-/m0/s1. The van der Waals surface area contributed by atoms with E-state index in [1.165, 1.54) is 4.90 Å². The predicted octanol–water partition coefficient (Wildman–Crippen LogP) is 0.658. The summed E-state index contributed by atoms with van der Waals surface area (Å²) in [6, 6.07) is 1.25. The lowest BCUT2D eigenvalue weighted by atomic mass is 10.2. The van der Waals surface area contributed by atoms with E-state index in [9.17, 15) is 14.7 Å². The molecule has 2 saturated heterocycles. The number of hydrogen-bond acceptors (Lipinski definition) is 5. The van der Waals surface area contributed by atoms with Crippen LogP contribution in [0.4, 0.5) is 10.7 Å². The molecule has 0 radical (unpaired) electrons. The molecule has 3 rings (SSSR count). The molecule has 0 aliphatic carbocycles. The van der Waals surface area contributed by atoms with Gasteiger partial charge in [-0.2, -0.15) is 0 Å². The third-order valence-electron chi connectivity index (χ3n) is 4.43. The predicted molar refractivity (Wildman–Crippen MR) is 83.2 cm³/mol. The maximum absolute atomic E-state index is 12.7. The summed E-state index contributed by atoms with van der Waals surface area (Å²) in [6.07, 6.45) is 4.60. The molecular formula is C15H21N5O3. The van der Waals surface area contributed by atoms with Crippen LogP contribution in [-0.4, -0.2) is 75.6 Å². The van der Waals surface area contributed by atoms with Crippen LogP contribution in [0.2, 0.25) is 0 Å². The average molecular weight is 319 g/mol. The van der Waals surface area contributed by atoms with E-state index in [2.05, 4.69) is 14.9 Å². The maximum atomic E-state index is 12.7. The summed E-state index contributed by atoms with van der Waals surface area (Å²) in [5.74, 6) is 0.607. The fourth-order valence-electron chi connectivity index (χ4n) is 3.26. The molecule has 1 aromatic rings. The van der Waals surface area contributed by atoms with E-state index >= 15 is 0 Å². The van der Waals surface area contributed by atoms with E-state index in [0.717, 1.165) is 19.4 Å². The van der Waals surface area contributed by atoms with Crippen molar-refractivity contribution < 1.29 is 14.7 Å². The van der Waals surface area contributed by atoms with Gasteiger partial charge in [0.25, 0.3) is 0 Å². The molecule has 2 fully saturated rings. The number of nitrogens with zero attached hydrogens (tertiary/aromatic N) is 5. The molecule has 8 nitrogen and oxygen atoms in total. The lowest BCUT2D eigenvalue weighted by molar-refractivity contribution is -0.135. The smallest absolute Gasteiger partial charge is 0.407 e. The first kappa shape index (κ1) is 15.5. The third kappa shape index (κ3) is 3.35. The Kier molecular flexibility index (Phi) is 4.59. The number of carbonyl (C=O) groups is 2. The van der Waals surface area contributed by atoms with Gasteiger partial charge in [-0.3, -0.25) is 9.69 Å². The minimum atomic E-state index is -1.00. The Bertz CT molecular complexity index is 567. The first-order valence-electron chi connectivity index (χ1n) is 7.97. The Balaban J connectivity index is 1.64. The van der Waals surface area contributed by atoms with Crippen molar-refractivity contribution in [1.29, 1.82) is 0 Å². The molecule has 3 heterocycles. The molecule has 0 bridgehead atoms. The molecule has 0 aromatic carbocycles. The van der Waals surface area contributed by atoms with Gasteiger partial charge in [0.2, 0.25) is 11.9 Å². The van der Waals surface area contributed by atoms with Crippen molar-refractivity contribution in [2.45, 2.75) is 25.3 Å². The number of hydrogen-bond donors (Lipinski definition) is 1. The van der Waals surface area contributed by atoms with Crippen molar-refractivity contribution in [2.24, 2.45) is 0 Å². The van der Waals surface area contributed by atoms with Crippen molar-refractivity contribution in [3.05, 3.63) is 18.5 Å². The summed E-state index contributed by atoms with van der Waals surface area (Å²) in [5, 5.41) is 9.21. The maximum Gasteiger partial charge on any atom is 0.407 e. The van der Waals surface area contributed by atoms with E-state index < -0.39 is 12.1 Å². The second-order valence-corrected chi connectivity index (χ2v) is 5.85. The number of anilines is 1. The zero-order chi connectivity index (χ0) is 16.2. The van der Waals surface area contributed by atoms with E-state index in [0.29, 0.717) is 38.5 Å². The minimum absolute atomic E-state index is 0.0688. The third-order valence-corrected chi connectivity index (χ3v) is 4.43. The second kappa shape index (κ2) is 6.80. The number of likely N-dealkylation sites (tertiary alicyclic amines) is 1. The Labute approximate surface area is 134 Å². The van der Waals surface area contributed by atoms with Crippen LogP contribution in [0.5, 0.6) is 0 Å². The van der Waals surface area contributed by atoms with Gasteiger partial charge in [-0.15, -0.1) is 0 Å². The van der Waals surface area contributed by atoms with Crippen molar-refractivity contribution in [3.63, 3.8) is 0 Å². The van der Waals surface area contributed by atoms with E-state index in [4.69, 9.17) is 0 Å². The summed E-state index contributed by atoms with van der Waals surface area (Å²) in [5.41, 5.74) is 0. The molecule has 1 N–H and O–H groups in total. The number of carboxylic acid groups (broad SMARTS) is 1. The number of carbonyl (C=O) groups excluding carboxylic acids is 1. The molecule has 1 aromatic heterocycles. The Morgan fingerprint density at radius 2 is 1.83 bits per heavy atom. The van der Waals surface area contributed by atoms with Crippen molar-refractivity contribution in [1.82, 2.24) is 19.8 Å². The van der Waals surface area contributed by atoms with E-state index in [1.54, 1.807) is 23.4 Å². The van der Waals surface area contributed by atoms with Gasteiger partial charge in [0, 0.05) is 45.1 Å². The summed E-state index contributed by atoms with van der Waals surface area (Å²) < 4.78 is 0. The van der Waals surface area contributed by atoms with Crippen LogP contribution in [0, 0.1) is 0 Å². The second-order valence-electron chi connectivity index (χ2n) is 5.85. The summed E-state index contributed by atoms with van der Waals surface area (Å²) >= 11 is 0. The monoisotopic (exact) mass is 319 g/mol. The van der Waals surface area contributed by atoms with Crippen LogP contribution in [0.3, 0.4) is 0 Å². The van der Waals surface area contributed by atoms with Crippen LogP contribution in [0.25, 0.3) is 0 Å². The molecular weight excluding hydrogens is 298 g/mol. The largest absolute Gasteiger partial charge is 0.465 e. The lowest BCUT2D eigenvalue weighted by Crippen LogP contribution is -2.48. The average Bonchev–Trinajstić information content (AvgIpc) is 2.93. The lowest BCUT2D eigenvalue weighted by Gasteiger charge is -2.28. The molecule has 1 atom stereocenters. The Hall–Kier alpha value is -2.38. The fourth-order valence-corrected chi connectivity index (χ4v) is 3.26. The molecule has 8 heteroatoms. The zero-order valence-corrected chi connectivity index (χ0v) is 13.0. The molecule has 124 valence electrons. The molecule has 2 aliphatic rings. The van der Waals surface area contributed by atoms with Crippen LogP contribution < -0.4 is 4.90 Å². The molecule has 2 amide bonds. The molecule has 0 spiro atoms. The highest BCUT2D eigenvalue weighted by Crippen LogP contribution is 2.20. The van der Waals surface area contributed by atoms with Gasteiger partial charge in [0.1, 0.15) is 6.04 Å². The summed E-state index contributed by atoms with van der Waals surface area (Å²) in [4.78, 5) is 37.5. The quantitative estimate of drug-likeness (QED) is 0.861. The Morgan fingerprint density at radius 3 is 2.57 bits per heavy atom. The number of rotatable bonds is 2. The normalized spacial score (nSPS) is 22.1. The Morgan fingerprint density at radius 1 is 1.04 bits per heavy atom. The van der Waals surface area contributed by atoms with Gasteiger partial charge in [-0.05, 0) is 25.3 Å². The van der Waals surface area contributed by atoms with Gasteiger partial charge in [0.15, 0.2) is 0 Å². The fraction of sp³-hybridized carbons (Fsp3) is 0.600. The van der Waals surface area contributed by atoms with Gasteiger partial charge >= 0.3 is 6.09 Å². The van der Waals surface area contributed by atoms with Crippen LogP contribution in [0.15, 0.2) is 18.5 Å². The van der Waals surface area contributed by atoms with Crippen LogP contribution in [-0.2, 0) is 4.79 Å². The highest BCUT2D eigenvalue weighted by atomic mass is 16.4. The minimum Gasteiger partial charge on any atom is -0.465 e. The molecule has 2 aliphatic heterocycles. The van der Waals surface area contributed by atoms with E-state index in [-0.39, 0.29) is 5.91 Å². The topological polar surface area (TPSA) is 89.9 Å². The highest BCUT2D eigenvalue weighted by molar-refractivity contribution is 5.86. The highest BCUT2D eigenvalue weighted by Gasteiger charge is 2.36. The van der Waals surface area contributed by atoms with Gasteiger partial charge in [0.05, 0.1) is 0 Å².